The molecule has 0 aliphatic carbocycles. The minimum atomic E-state index is -0.476. The number of benzene rings is 1. The van der Waals surface area contributed by atoms with E-state index in [1.807, 2.05) is 4.90 Å². The van der Waals surface area contributed by atoms with Crippen LogP contribution in [0.1, 0.15) is 23.2 Å². The molecule has 3 N–H and O–H groups in total. The first-order chi connectivity index (χ1) is 9.95. The van der Waals surface area contributed by atoms with Gasteiger partial charge in [-0.2, -0.15) is 0 Å². The molecule has 7 heteroatoms. The second-order valence-electron chi connectivity index (χ2n) is 5.11. The minimum Gasteiger partial charge on any atom is -0.369 e. The van der Waals surface area contributed by atoms with Gasteiger partial charge in [0.2, 0.25) is 5.91 Å². The molecule has 0 radical (unpaired) electrons. The zero-order valence-electron chi connectivity index (χ0n) is 11.4. The summed E-state index contributed by atoms with van der Waals surface area (Å²) >= 11 is 5.86. The smallest absolute Gasteiger partial charge is 0.253 e. The van der Waals surface area contributed by atoms with Crippen molar-refractivity contribution in [2.75, 3.05) is 19.6 Å². The fourth-order valence-electron chi connectivity index (χ4n) is 2.39. The average Bonchev–Trinajstić information content (AvgIpc) is 2.40. The molecule has 0 saturated carbocycles. The molecule has 1 saturated heterocycles. The lowest BCUT2D eigenvalue weighted by molar-refractivity contribution is -0.119. The third-order valence-electron chi connectivity index (χ3n) is 3.48. The van der Waals surface area contributed by atoms with Crippen molar-refractivity contribution in [2.45, 2.75) is 18.9 Å². The van der Waals surface area contributed by atoms with Crippen LogP contribution >= 0.6 is 11.6 Å². The van der Waals surface area contributed by atoms with Crippen LogP contribution in [0.3, 0.4) is 0 Å². The molecule has 114 valence electrons. The summed E-state index contributed by atoms with van der Waals surface area (Å²) in [6.07, 6.45) is 1.47. The molecule has 1 aliphatic heterocycles. The first-order valence-electron chi connectivity index (χ1n) is 6.72. The second kappa shape index (κ2) is 6.87. The highest BCUT2D eigenvalue weighted by Gasteiger charge is 2.22. The number of halogens is 2. The van der Waals surface area contributed by atoms with Gasteiger partial charge >= 0.3 is 0 Å². The summed E-state index contributed by atoms with van der Waals surface area (Å²) in [6.45, 7) is 1.64. The Labute approximate surface area is 127 Å². The number of piperidine rings is 1. The van der Waals surface area contributed by atoms with Crippen molar-refractivity contribution in [3.63, 3.8) is 0 Å². The predicted molar refractivity (Wildman–Crippen MR) is 77.5 cm³/mol. The topological polar surface area (TPSA) is 75.4 Å². The van der Waals surface area contributed by atoms with Crippen LogP contribution in [0.4, 0.5) is 4.39 Å². The van der Waals surface area contributed by atoms with Gasteiger partial charge in [0.15, 0.2) is 0 Å². The average molecular weight is 314 g/mol. The van der Waals surface area contributed by atoms with Gasteiger partial charge in [0.1, 0.15) is 5.82 Å². The largest absolute Gasteiger partial charge is 0.369 e. The van der Waals surface area contributed by atoms with Gasteiger partial charge in [0.25, 0.3) is 5.91 Å². The molecule has 0 atom stereocenters. The van der Waals surface area contributed by atoms with Gasteiger partial charge in [-0.3, -0.25) is 14.5 Å². The fraction of sp³-hybridized carbons (Fsp3) is 0.429. The summed E-state index contributed by atoms with van der Waals surface area (Å²) in [5.41, 5.74) is 5.41. The number of nitrogens with one attached hydrogen (secondary N) is 1. The fourth-order valence-corrected chi connectivity index (χ4v) is 2.65. The SMILES string of the molecule is NC(=O)CN1CCC(NC(=O)c2ccc(F)cc2Cl)CC1. The Morgan fingerprint density at radius 3 is 2.62 bits per heavy atom. The molecule has 0 unspecified atom stereocenters. The highest BCUT2D eigenvalue weighted by atomic mass is 35.5. The molecule has 1 aromatic rings. The van der Waals surface area contributed by atoms with E-state index in [2.05, 4.69) is 5.32 Å². The lowest BCUT2D eigenvalue weighted by atomic mass is 10.0. The zero-order valence-corrected chi connectivity index (χ0v) is 12.2. The number of carbonyl (C=O) groups is 2. The first kappa shape index (κ1) is 15.7. The number of amides is 2. The minimum absolute atomic E-state index is 0.0164. The monoisotopic (exact) mass is 313 g/mol. The molecule has 21 heavy (non-hydrogen) atoms. The maximum absolute atomic E-state index is 13.0. The van der Waals surface area contributed by atoms with Crippen LogP contribution in [-0.2, 0) is 4.79 Å². The van der Waals surface area contributed by atoms with E-state index in [1.54, 1.807) is 0 Å². The third kappa shape index (κ3) is 4.41. The Morgan fingerprint density at radius 2 is 2.05 bits per heavy atom. The summed E-state index contributed by atoms with van der Waals surface area (Å²) in [6, 6.07) is 3.71. The lowest BCUT2D eigenvalue weighted by Crippen LogP contribution is -2.46. The molecule has 0 aromatic heterocycles. The molecule has 2 rings (SSSR count). The Kier molecular flexibility index (Phi) is 5.14. The summed E-state index contributed by atoms with van der Waals surface area (Å²) in [5.74, 6) is -1.14. The predicted octanol–water partition coefficient (Wildman–Crippen LogP) is 1.16. The van der Waals surface area contributed by atoms with Gasteiger partial charge in [0, 0.05) is 19.1 Å². The van der Waals surface area contributed by atoms with Crippen molar-refractivity contribution in [1.29, 1.82) is 0 Å². The van der Waals surface area contributed by atoms with Crippen LogP contribution in [0, 0.1) is 5.82 Å². The van der Waals surface area contributed by atoms with Crippen molar-refractivity contribution in [3.8, 4) is 0 Å². The van der Waals surface area contributed by atoms with E-state index < -0.39 is 5.82 Å². The number of primary amides is 1. The number of hydrogen-bond acceptors (Lipinski definition) is 3. The second-order valence-corrected chi connectivity index (χ2v) is 5.52. The van der Waals surface area contributed by atoms with Crippen LogP contribution < -0.4 is 11.1 Å². The summed E-state index contributed by atoms with van der Waals surface area (Å²) < 4.78 is 13.0. The van der Waals surface area contributed by atoms with E-state index in [0.29, 0.717) is 13.1 Å². The van der Waals surface area contributed by atoms with E-state index >= 15 is 0 Å². The van der Waals surface area contributed by atoms with Crippen molar-refractivity contribution in [3.05, 3.63) is 34.6 Å². The number of likely N-dealkylation sites (tertiary alicyclic amines) is 1. The Hall–Kier alpha value is -1.66. The number of nitrogens with two attached hydrogens (primary N) is 1. The molecule has 1 fully saturated rings. The molecule has 1 heterocycles. The van der Waals surface area contributed by atoms with Crippen LogP contribution in [0.15, 0.2) is 18.2 Å². The lowest BCUT2D eigenvalue weighted by Gasteiger charge is -2.31. The first-order valence-corrected chi connectivity index (χ1v) is 7.10. The molecule has 5 nitrogen and oxygen atoms in total. The van der Waals surface area contributed by atoms with E-state index in [4.69, 9.17) is 17.3 Å². The van der Waals surface area contributed by atoms with Gasteiger partial charge in [-0.25, -0.2) is 4.39 Å². The Balaban J connectivity index is 1.88. The molecule has 0 spiro atoms. The van der Waals surface area contributed by atoms with Crippen LogP contribution in [0.5, 0.6) is 0 Å². The van der Waals surface area contributed by atoms with Gasteiger partial charge < -0.3 is 11.1 Å². The van der Waals surface area contributed by atoms with E-state index in [9.17, 15) is 14.0 Å². The molecule has 1 aromatic carbocycles. The summed E-state index contributed by atoms with van der Waals surface area (Å²) in [7, 11) is 0. The summed E-state index contributed by atoms with van der Waals surface area (Å²) in [4.78, 5) is 24.9. The molecular weight excluding hydrogens is 297 g/mol. The number of rotatable bonds is 4. The highest BCUT2D eigenvalue weighted by Crippen LogP contribution is 2.18. The quantitative estimate of drug-likeness (QED) is 0.876. The van der Waals surface area contributed by atoms with Crippen molar-refractivity contribution in [1.82, 2.24) is 10.2 Å². The zero-order chi connectivity index (χ0) is 15.4. The number of nitrogens with zero attached hydrogens (tertiary/aromatic N) is 1. The maximum Gasteiger partial charge on any atom is 0.253 e. The third-order valence-corrected chi connectivity index (χ3v) is 3.79. The maximum atomic E-state index is 13.0. The number of hydrogen-bond donors (Lipinski definition) is 2. The van der Waals surface area contributed by atoms with Crippen molar-refractivity contribution < 1.29 is 14.0 Å². The van der Waals surface area contributed by atoms with Crippen LogP contribution in [0.25, 0.3) is 0 Å². The molecule has 1 aliphatic rings. The normalized spacial score (nSPS) is 16.7. The Bertz CT molecular complexity index is 545. The van der Waals surface area contributed by atoms with Crippen molar-refractivity contribution in [2.24, 2.45) is 5.73 Å². The van der Waals surface area contributed by atoms with Gasteiger partial charge in [-0.1, -0.05) is 11.6 Å². The van der Waals surface area contributed by atoms with Gasteiger partial charge in [-0.05, 0) is 31.0 Å². The van der Waals surface area contributed by atoms with Crippen LogP contribution in [0.2, 0.25) is 5.02 Å². The van der Waals surface area contributed by atoms with E-state index in [0.717, 1.165) is 18.9 Å². The van der Waals surface area contributed by atoms with Crippen molar-refractivity contribution >= 4 is 23.4 Å². The van der Waals surface area contributed by atoms with Gasteiger partial charge in [0.05, 0.1) is 17.1 Å². The molecular formula is C14H17ClFN3O2. The molecule has 2 amide bonds. The molecule has 0 bridgehead atoms. The van der Waals surface area contributed by atoms with Crippen LogP contribution in [-0.4, -0.2) is 42.4 Å². The Morgan fingerprint density at radius 1 is 1.38 bits per heavy atom. The highest BCUT2D eigenvalue weighted by molar-refractivity contribution is 6.33. The standard InChI is InChI=1S/C14H17ClFN3O2/c15-12-7-9(16)1-2-11(12)14(21)18-10-3-5-19(6-4-10)8-13(17)20/h1-2,7,10H,3-6,8H2,(H2,17,20)(H,18,21). The summed E-state index contributed by atoms with van der Waals surface area (Å²) in [5, 5.41) is 2.98. The van der Waals surface area contributed by atoms with E-state index in [1.165, 1.54) is 12.1 Å². The number of carbonyl (C=O) groups excluding carboxylic acids is 2. The van der Waals surface area contributed by atoms with Gasteiger partial charge in [-0.15, -0.1) is 0 Å². The van der Waals surface area contributed by atoms with E-state index in [-0.39, 0.29) is 35.0 Å².